The zero-order valence-corrected chi connectivity index (χ0v) is 24.2. The lowest BCUT2D eigenvalue weighted by Crippen LogP contribution is -2.39. The van der Waals surface area contributed by atoms with E-state index in [1.165, 1.54) is 0 Å². The average Bonchev–Trinajstić information content (AvgIpc) is 3.48. The van der Waals surface area contributed by atoms with E-state index < -0.39 is 5.60 Å². The third-order valence-corrected chi connectivity index (χ3v) is 7.39. The molecule has 0 spiro atoms. The van der Waals surface area contributed by atoms with E-state index in [0.29, 0.717) is 37.1 Å². The Morgan fingerprint density at radius 1 is 1.00 bits per heavy atom. The molecule has 214 valence electrons. The van der Waals surface area contributed by atoms with E-state index in [1.54, 1.807) is 30.1 Å². The Bertz CT molecular complexity index is 1360. The highest BCUT2D eigenvalue weighted by Gasteiger charge is 2.27. The molecule has 1 saturated carbocycles. The SMILES string of the molecule is CN(C)C(=O)c1cc2cnc(Nc3ccc(N4CCCN(C(=O)OC(C)(C)C)CC4)cn3)nc2n1C1CCCC1. The maximum absolute atomic E-state index is 13.0. The number of rotatable bonds is 5. The van der Waals surface area contributed by atoms with Crippen molar-refractivity contribution in [2.75, 3.05) is 50.5 Å². The summed E-state index contributed by atoms with van der Waals surface area (Å²) in [5, 5.41) is 4.09. The van der Waals surface area contributed by atoms with Crippen molar-refractivity contribution in [1.29, 1.82) is 0 Å². The second-order valence-electron chi connectivity index (χ2n) is 11.8. The molecule has 2 amide bonds. The second-order valence-corrected chi connectivity index (χ2v) is 11.8. The van der Waals surface area contributed by atoms with Gasteiger partial charge in [0.2, 0.25) is 5.95 Å². The largest absolute Gasteiger partial charge is 0.444 e. The quantitative estimate of drug-likeness (QED) is 0.483. The van der Waals surface area contributed by atoms with E-state index in [0.717, 1.165) is 55.4 Å². The van der Waals surface area contributed by atoms with Crippen LogP contribution < -0.4 is 10.2 Å². The normalized spacial score (nSPS) is 16.7. The molecule has 40 heavy (non-hydrogen) atoms. The number of nitrogens with one attached hydrogen (secondary N) is 1. The Kier molecular flexibility index (Phi) is 7.82. The van der Waals surface area contributed by atoms with Crippen LogP contribution in [0.5, 0.6) is 0 Å². The Morgan fingerprint density at radius 2 is 1.77 bits per heavy atom. The van der Waals surface area contributed by atoms with Gasteiger partial charge < -0.3 is 29.3 Å². The minimum absolute atomic E-state index is 0.0283. The second kappa shape index (κ2) is 11.3. The van der Waals surface area contributed by atoms with Crippen LogP contribution in [0.1, 0.15) is 69.4 Å². The van der Waals surface area contributed by atoms with Gasteiger partial charge in [0, 0.05) is 57.9 Å². The van der Waals surface area contributed by atoms with Crippen molar-refractivity contribution in [2.24, 2.45) is 0 Å². The lowest BCUT2D eigenvalue weighted by Gasteiger charge is -2.26. The summed E-state index contributed by atoms with van der Waals surface area (Å²) in [6.45, 7) is 8.46. The van der Waals surface area contributed by atoms with Gasteiger partial charge in [-0.3, -0.25) is 4.79 Å². The van der Waals surface area contributed by atoms with Gasteiger partial charge in [-0.05, 0) is 58.2 Å². The van der Waals surface area contributed by atoms with Crippen molar-refractivity contribution < 1.29 is 14.3 Å². The van der Waals surface area contributed by atoms with Gasteiger partial charge in [-0.2, -0.15) is 4.98 Å². The summed E-state index contributed by atoms with van der Waals surface area (Å²) in [6, 6.07) is 6.09. The van der Waals surface area contributed by atoms with E-state index in [-0.39, 0.29) is 18.0 Å². The molecular weight excluding hydrogens is 508 g/mol. The van der Waals surface area contributed by atoms with Gasteiger partial charge in [-0.1, -0.05) is 12.8 Å². The summed E-state index contributed by atoms with van der Waals surface area (Å²) in [5.41, 5.74) is 1.92. The van der Waals surface area contributed by atoms with Crippen LogP contribution in [0, 0.1) is 0 Å². The van der Waals surface area contributed by atoms with E-state index >= 15 is 0 Å². The number of ether oxygens (including phenoxy) is 1. The summed E-state index contributed by atoms with van der Waals surface area (Å²) in [7, 11) is 3.55. The first-order chi connectivity index (χ1) is 19.1. The summed E-state index contributed by atoms with van der Waals surface area (Å²) >= 11 is 0. The molecule has 0 atom stereocenters. The van der Waals surface area contributed by atoms with E-state index in [9.17, 15) is 9.59 Å². The fourth-order valence-corrected chi connectivity index (χ4v) is 5.44. The lowest BCUT2D eigenvalue weighted by molar-refractivity contribution is 0.0263. The fourth-order valence-electron chi connectivity index (χ4n) is 5.44. The molecule has 0 radical (unpaired) electrons. The van der Waals surface area contributed by atoms with E-state index in [2.05, 4.69) is 24.8 Å². The van der Waals surface area contributed by atoms with Gasteiger partial charge in [-0.15, -0.1) is 0 Å². The minimum atomic E-state index is -0.504. The summed E-state index contributed by atoms with van der Waals surface area (Å²) in [6.07, 6.45) is 8.58. The van der Waals surface area contributed by atoms with Crippen molar-refractivity contribution in [3.8, 4) is 0 Å². The number of carbonyl (C=O) groups is 2. The molecule has 1 N–H and O–H groups in total. The molecule has 2 fully saturated rings. The molecule has 3 aromatic heterocycles. The average molecular weight is 549 g/mol. The van der Waals surface area contributed by atoms with Gasteiger partial charge in [0.25, 0.3) is 5.91 Å². The van der Waals surface area contributed by atoms with Gasteiger partial charge >= 0.3 is 6.09 Å². The predicted octanol–water partition coefficient (Wildman–Crippen LogP) is 4.83. The Morgan fingerprint density at radius 3 is 2.45 bits per heavy atom. The molecule has 1 aliphatic heterocycles. The Balaban J connectivity index is 1.29. The number of aromatic nitrogens is 4. The molecule has 0 bridgehead atoms. The highest BCUT2D eigenvalue weighted by atomic mass is 16.6. The van der Waals surface area contributed by atoms with E-state index in [1.807, 2.05) is 45.2 Å². The zero-order valence-electron chi connectivity index (χ0n) is 24.2. The lowest BCUT2D eigenvalue weighted by atomic mass is 10.2. The van der Waals surface area contributed by atoms with Crippen LogP contribution in [0.25, 0.3) is 11.0 Å². The molecule has 4 heterocycles. The van der Waals surface area contributed by atoms with Crippen LogP contribution in [-0.2, 0) is 4.74 Å². The maximum atomic E-state index is 13.0. The number of nitrogens with zero attached hydrogens (tertiary/aromatic N) is 7. The highest BCUT2D eigenvalue weighted by molar-refractivity contribution is 5.97. The summed E-state index contributed by atoms with van der Waals surface area (Å²) in [5.74, 6) is 1.05. The molecule has 3 aromatic rings. The van der Waals surface area contributed by atoms with Crippen molar-refractivity contribution in [1.82, 2.24) is 29.3 Å². The van der Waals surface area contributed by atoms with Crippen LogP contribution in [0.3, 0.4) is 0 Å². The van der Waals surface area contributed by atoms with Gasteiger partial charge in [0.15, 0.2) is 0 Å². The number of pyridine rings is 1. The van der Waals surface area contributed by atoms with E-state index in [4.69, 9.17) is 9.72 Å². The third kappa shape index (κ3) is 6.13. The topological polar surface area (TPSA) is 109 Å². The first-order valence-electron chi connectivity index (χ1n) is 14.1. The van der Waals surface area contributed by atoms with Crippen LogP contribution in [0.2, 0.25) is 0 Å². The van der Waals surface area contributed by atoms with Crippen molar-refractivity contribution in [3.05, 3.63) is 36.3 Å². The van der Waals surface area contributed by atoms with Crippen LogP contribution in [-0.4, -0.2) is 87.2 Å². The zero-order chi connectivity index (χ0) is 28.4. The minimum Gasteiger partial charge on any atom is -0.444 e. The molecule has 11 nitrogen and oxygen atoms in total. The molecule has 1 saturated heterocycles. The van der Waals surface area contributed by atoms with Gasteiger partial charge in [0.05, 0.1) is 11.9 Å². The van der Waals surface area contributed by atoms with Gasteiger partial charge in [-0.25, -0.2) is 14.8 Å². The number of anilines is 3. The summed E-state index contributed by atoms with van der Waals surface area (Å²) in [4.78, 5) is 45.0. The van der Waals surface area contributed by atoms with Crippen molar-refractivity contribution in [2.45, 2.75) is 64.5 Å². The molecule has 1 aliphatic carbocycles. The number of fused-ring (bicyclic) bond motifs is 1. The molecule has 2 aliphatic rings. The predicted molar refractivity (Wildman–Crippen MR) is 155 cm³/mol. The number of amides is 2. The highest BCUT2D eigenvalue weighted by Crippen LogP contribution is 2.35. The molecule has 0 aromatic carbocycles. The Hall–Kier alpha value is -3.89. The number of carbonyl (C=O) groups excluding carboxylic acids is 2. The first-order valence-corrected chi connectivity index (χ1v) is 14.1. The smallest absolute Gasteiger partial charge is 0.410 e. The van der Waals surface area contributed by atoms with Crippen LogP contribution >= 0.6 is 0 Å². The van der Waals surface area contributed by atoms with Crippen LogP contribution in [0.15, 0.2) is 30.6 Å². The molecular formula is C29H40N8O3. The third-order valence-electron chi connectivity index (χ3n) is 7.39. The number of hydrogen-bond donors (Lipinski definition) is 1. The maximum Gasteiger partial charge on any atom is 0.410 e. The monoisotopic (exact) mass is 548 g/mol. The standard InChI is InChI=1S/C29H40N8O3/c1-29(2,3)40-28(39)36-14-8-13-35(15-16-36)22-11-12-24(30-19-22)32-27-31-18-20-17-23(26(38)34(4)5)37(25(20)33-27)21-9-6-7-10-21/h11-12,17-19,21H,6-10,13-16H2,1-5H3,(H,30,31,32,33). The molecule has 0 unspecified atom stereocenters. The van der Waals surface area contributed by atoms with Gasteiger partial charge in [0.1, 0.15) is 22.8 Å². The van der Waals surface area contributed by atoms with Crippen LogP contribution in [0.4, 0.5) is 22.2 Å². The van der Waals surface area contributed by atoms with Crippen molar-refractivity contribution >= 4 is 40.5 Å². The molecule has 11 heteroatoms. The first kappa shape index (κ1) is 27.7. The fraction of sp³-hybridized carbons (Fsp3) is 0.552. The van der Waals surface area contributed by atoms with Crippen molar-refractivity contribution in [3.63, 3.8) is 0 Å². The molecule has 5 rings (SSSR count). The number of hydrogen-bond acceptors (Lipinski definition) is 8. The Labute approximate surface area is 235 Å². The summed E-state index contributed by atoms with van der Waals surface area (Å²) < 4.78 is 7.65.